The van der Waals surface area contributed by atoms with Gasteiger partial charge in [-0.1, -0.05) is 264 Å². The largest absolute Gasteiger partial charge is 0.508 e. The van der Waals surface area contributed by atoms with Gasteiger partial charge in [-0.2, -0.15) is 0 Å². The topological polar surface area (TPSA) is 225 Å². The normalized spacial score (nSPS) is 18.1. The van der Waals surface area contributed by atoms with E-state index in [0.29, 0.717) is 47.9 Å². The Labute approximate surface area is 623 Å². The van der Waals surface area contributed by atoms with Crippen molar-refractivity contribution in [3.05, 3.63) is 201 Å². The lowest BCUT2D eigenvalue weighted by Crippen LogP contribution is -2.35. The minimum Gasteiger partial charge on any atom is -0.508 e. The van der Waals surface area contributed by atoms with Crippen LogP contribution in [0, 0.1) is 0 Å². The van der Waals surface area contributed by atoms with Gasteiger partial charge in [-0.3, -0.25) is 0 Å². The third-order valence-electron chi connectivity index (χ3n) is 23.4. The molecule has 8 aromatic rings. The molecule has 0 amide bonds. The fourth-order valence-electron chi connectivity index (χ4n) is 17.8. The van der Waals surface area contributed by atoms with Crippen molar-refractivity contribution >= 4 is 0 Å². The Balaban J connectivity index is 1.32. The second kappa shape index (κ2) is 40.6. The molecule has 104 heavy (non-hydrogen) atoms. The average Bonchev–Trinajstić information content (AvgIpc) is 1.53. The van der Waals surface area contributed by atoms with E-state index in [2.05, 4.69) is 108 Å². The van der Waals surface area contributed by atoms with Crippen LogP contribution in [-0.2, 0) is 21.7 Å². The number of nitrogens with one attached hydrogen (secondary N) is 4. The summed E-state index contributed by atoms with van der Waals surface area (Å²) in [6.45, 7) is 8.86. The van der Waals surface area contributed by atoms with Crippen LogP contribution >= 0.6 is 0 Å². The maximum absolute atomic E-state index is 11.9. The van der Waals surface area contributed by atoms with Crippen molar-refractivity contribution in [2.75, 3.05) is 0 Å². The molecule has 8 bridgehead atoms. The Morgan fingerprint density at radius 2 is 0.394 bits per heavy atom. The zero-order valence-corrected chi connectivity index (χ0v) is 64.0. The van der Waals surface area contributed by atoms with Crippen molar-refractivity contribution in [3.63, 3.8) is 0 Å². The summed E-state index contributed by atoms with van der Waals surface area (Å²) >= 11 is 0. The Morgan fingerprint density at radius 3 is 0.567 bits per heavy atom. The molecule has 4 aromatic heterocycles. The highest BCUT2D eigenvalue weighted by Gasteiger charge is 2.49. The molecular weight excluding hydrogens is 1290 g/mol. The molecule has 12 N–H and O–H groups in total. The summed E-state index contributed by atoms with van der Waals surface area (Å²) in [7, 11) is 0. The molecule has 0 radical (unpaired) electrons. The lowest BCUT2D eigenvalue weighted by Gasteiger charge is -2.38. The van der Waals surface area contributed by atoms with Gasteiger partial charge in [0.25, 0.3) is 0 Å². The van der Waals surface area contributed by atoms with Gasteiger partial charge in [-0.15, -0.1) is 0 Å². The maximum Gasteiger partial charge on any atom is 0.119 e. The molecule has 5 heterocycles. The second-order valence-corrected chi connectivity index (χ2v) is 31.1. The third kappa shape index (κ3) is 20.4. The molecule has 0 saturated heterocycles. The number of phenolic OH excluding ortho intramolecular Hbond substituents is 8. The highest BCUT2D eigenvalue weighted by atomic mass is 16.3. The SMILES string of the molecule is C/C=C/CCCCCCCCCC1(c2cc(O)cc(O)c2)c2ccc([nH]2)[C@](CCCCCCCCCCCC)(c2cc(O)cc(O)c2)c2ccc([nH]2)C(CCCCCCCCCCCC)(c2cc(O)cc(O)c2)c2ccc([nH]2)[C@](CCCCCCCCCCCC)(c2cc(O)cc(O)c2)c2ccc1[nH]2. The fourth-order valence-corrected chi connectivity index (χ4v) is 17.8. The second-order valence-electron chi connectivity index (χ2n) is 31.1. The lowest BCUT2D eigenvalue weighted by molar-refractivity contribution is 0.430. The molecule has 1 aliphatic heterocycles. The number of phenols is 8. The molecule has 1 aliphatic rings. The van der Waals surface area contributed by atoms with Gasteiger partial charge >= 0.3 is 0 Å². The van der Waals surface area contributed by atoms with E-state index in [1.54, 1.807) is 48.5 Å². The number of hydrogen-bond donors (Lipinski definition) is 12. The van der Waals surface area contributed by atoms with Crippen molar-refractivity contribution < 1.29 is 40.9 Å². The number of benzene rings is 4. The molecule has 4 atom stereocenters. The molecule has 12 heteroatoms. The number of aromatic nitrogens is 4. The van der Waals surface area contributed by atoms with E-state index < -0.39 is 21.7 Å². The summed E-state index contributed by atoms with van der Waals surface area (Å²) in [6, 6.07) is 37.3. The highest BCUT2D eigenvalue weighted by Crippen LogP contribution is 2.55. The van der Waals surface area contributed by atoms with E-state index in [9.17, 15) is 40.9 Å². The summed E-state index contributed by atoms with van der Waals surface area (Å²) in [5.41, 5.74) is 4.86. The number of unbranched alkanes of at least 4 members (excludes halogenated alkanes) is 34. The van der Waals surface area contributed by atoms with E-state index in [1.165, 1.54) is 153 Å². The summed E-state index contributed by atoms with van der Waals surface area (Å²) in [4.78, 5) is 16.8. The van der Waals surface area contributed by atoms with Gasteiger partial charge in [0.05, 0.1) is 21.7 Å². The van der Waals surface area contributed by atoms with E-state index in [-0.39, 0.29) is 46.0 Å². The zero-order valence-electron chi connectivity index (χ0n) is 64.0. The van der Waals surface area contributed by atoms with Crippen LogP contribution in [0.2, 0.25) is 0 Å². The van der Waals surface area contributed by atoms with Crippen LogP contribution in [-0.4, -0.2) is 60.8 Å². The minimum absolute atomic E-state index is 0.0683. The minimum atomic E-state index is -1.10. The Morgan fingerprint density at radius 1 is 0.231 bits per heavy atom. The van der Waals surface area contributed by atoms with Crippen molar-refractivity contribution in [2.45, 2.75) is 319 Å². The number of fused-ring (bicyclic) bond motifs is 8. The zero-order chi connectivity index (χ0) is 73.6. The molecular formula is C92H130N4O8. The van der Waals surface area contributed by atoms with Crippen LogP contribution in [0.25, 0.3) is 0 Å². The van der Waals surface area contributed by atoms with Crippen LogP contribution in [0.15, 0.2) is 133 Å². The van der Waals surface area contributed by atoms with Crippen LogP contribution in [0.1, 0.15) is 365 Å². The Hall–Kier alpha value is -7.86. The van der Waals surface area contributed by atoms with Gasteiger partial charge in [0, 0.05) is 69.8 Å². The number of hydrogen-bond acceptors (Lipinski definition) is 8. The summed E-state index contributed by atoms with van der Waals surface area (Å²) in [5.74, 6) is -0.556. The van der Waals surface area contributed by atoms with Crippen molar-refractivity contribution in [3.8, 4) is 46.0 Å². The van der Waals surface area contributed by atoms with Crippen LogP contribution in [0.5, 0.6) is 46.0 Å². The molecule has 0 saturated carbocycles. The van der Waals surface area contributed by atoms with E-state index in [4.69, 9.17) is 0 Å². The van der Waals surface area contributed by atoms with Crippen LogP contribution < -0.4 is 0 Å². The first-order valence-corrected chi connectivity index (χ1v) is 41.2. The first-order chi connectivity index (χ1) is 50.7. The van der Waals surface area contributed by atoms with E-state index >= 15 is 0 Å². The predicted molar refractivity (Wildman–Crippen MR) is 428 cm³/mol. The molecule has 0 fully saturated rings. The quantitative estimate of drug-likeness (QED) is 0.0130. The van der Waals surface area contributed by atoms with Crippen LogP contribution in [0.4, 0.5) is 0 Å². The first-order valence-electron chi connectivity index (χ1n) is 41.2. The Bertz CT molecular complexity index is 3600. The van der Waals surface area contributed by atoms with E-state index in [1.807, 2.05) is 0 Å². The van der Waals surface area contributed by atoms with Crippen molar-refractivity contribution in [1.29, 1.82) is 0 Å². The van der Waals surface area contributed by atoms with Gasteiger partial charge in [-0.25, -0.2) is 0 Å². The van der Waals surface area contributed by atoms with Gasteiger partial charge in [-0.05, 0) is 165 Å². The number of aromatic amines is 4. The molecule has 0 spiro atoms. The number of allylic oxidation sites excluding steroid dienone is 2. The highest BCUT2D eigenvalue weighted by molar-refractivity contribution is 5.60. The molecule has 12 nitrogen and oxygen atoms in total. The van der Waals surface area contributed by atoms with Gasteiger partial charge in [0.15, 0.2) is 0 Å². The number of rotatable bonds is 47. The fraction of sp³-hybridized carbons (Fsp3) is 0.543. The first kappa shape index (κ1) is 80.2. The molecule has 9 rings (SSSR count). The smallest absolute Gasteiger partial charge is 0.119 e. The molecule has 2 unspecified atom stereocenters. The number of H-pyrrole nitrogens is 4. The number of aromatic hydroxyl groups is 8. The summed E-state index contributed by atoms with van der Waals surface area (Å²) in [6.07, 6.45) is 49.1. The molecule has 0 aliphatic carbocycles. The van der Waals surface area contributed by atoms with Gasteiger partial charge in [0.1, 0.15) is 46.0 Å². The average molecular weight is 1420 g/mol. The molecule has 4 aromatic carbocycles. The van der Waals surface area contributed by atoms with E-state index in [0.717, 1.165) is 161 Å². The monoisotopic (exact) mass is 1420 g/mol. The van der Waals surface area contributed by atoms with Crippen LogP contribution in [0.3, 0.4) is 0 Å². The lowest BCUT2D eigenvalue weighted by atomic mass is 9.70. The summed E-state index contributed by atoms with van der Waals surface area (Å²) < 4.78 is 0. The third-order valence-corrected chi connectivity index (χ3v) is 23.4. The van der Waals surface area contributed by atoms with Crippen molar-refractivity contribution in [2.24, 2.45) is 0 Å². The predicted octanol–water partition coefficient (Wildman–Crippen LogP) is 25.3. The van der Waals surface area contributed by atoms with Crippen molar-refractivity contribution in [1.82, 2.24) is 19.9 Å². The molecule has 566 valence electrons. The van der Waals surface area contributed by atoms with Gasteiger partial charge < -0.3 is 60.8 Å². The standard InChI is InChI=1S/C92H130N4O8/c1-5-9-13-17-21-25-29-33-37-41-53-89(69-57-73(97)65-74(98)58-69)81-45-47-83(93-81)90(70-59-75(99)66-76(100)60-70,54-42-38-34-30-26-22-18-14-10-6-2)85-49-51-87(95-85)92(72-63-79(103)68-80(104)64-72,56-44-40-36-32-28-24-20-16-12-8-4)88-52-50-86(96-88)91(84-48-46-82(89)94-84,71-61-77(101)67-78(102)62-71)55-43-39-35-31-27-23-19-15-11-7-3/h5,9,45-52,57-68,93-104H,6-8,10-44,53-56H2,1-4H3/b9-5+/t89?,90-,91+,92?. The van der Waals surface area contributed by atoms with Gasteiger partial charge in [0.2, 0.25) is 0 Å². The Kier molecular flexibility index (Phi) is 31.3. The summed E-state index contributed by atoms with van der Waals surface area (Å²) in [5, 5.41) is 95.0. The maximum atomic E-state index is 11.9.